The Morgan fingerprint density at radius 2 is 1.82 bits per heavy atom. The summed E-state index contributed by atoms with van der Waals surface area (Å²) < 4.78 is 0. The minimum absolute atomic E-state index is 0.00245. The van der Waals surface area contributed by atoms with Crippen LogP contribution in [-0.2, 0) is 4.79 Å². The fraction of sp³-hybridized carbons (Fsp3) is 0.300. The zero-order valence-corrected chi connectivity index (χ0v) is 15.5. The Morgan fingerprint density at radius 1 is 1.11 bits per heavy atom. The molecule has 3 N–H and O–H groups in total. The van der Waals surface area contributed by atoms with E-state index in [1.165, 1.54) is 12.1 Å². The Kier molecular flexibility index (Phi) is 5.88. The van der Waals surface area contributed by atoms with Gasteiger partial charge in [0.2, 0.25) is 5.91 Å². The summed E-state index contributed by atoms with van der Waals surface area (Å²) in [6.07, 6.45) is 0.910. The van der Waals surface area contributed by atoms with Gasteiger partial charge in [0.05, 0.1) is 4.92 Å². The molecule has 0 bridgehead atoms. The Hall–Kier alpha value is -3.42. The molecule has 8 nitrogen and oxygen atoms in total. The summed E-state index contributed by atoms with van der Waals surface area (Å²) in [6, 6.07) is 12.9. The van der Waals surface area contributed by atoms with Crippen LogP contribution >= 0.6 is 0 Å². The van der Waals surface area contributed by atoms with Crippen molar-refractivity contribution in [3.8, 4) is 0 Å². The molecule has 2 aromatic rings. The zero-order chi connectivity index (χ0) is 20.1. The molecule has 0 aromatic heterocycles. The first-order valence-electron chi connectivity index (χ1n) is 9.11. The number of nitro benzene ring substituents is 1. The highest BCUT2D eigenvalue weighted by molar-refractivity contribution is 5.98. The van der Waals surface area contributed by atoms with Crippen molar-refractivity contribution in [2.75, 3.05) is 23.7 Å². The average molecular weight is 382 g/mol. The number of carbonyl (C=O) groups is 2. The highest BCUT2D eigenvalue weighted by Crippen LogP contribution is 2.38. The van der Waals surface area contributed by atoms with Gasteiger partial charge in [-0.25, -0.2) is 0 Å². The molecule has 2 amide bonds. The van der Waals surface area contributed by atoms with E-state index in [9.17, 15) is 19.7 Å². The number of benzene rings is 2. The fourth-order valence-electron chi connectivity index (χ4n) is 2.85. The first-order valence-corrected chi connectivity index (χ1v) is 9.11. The summed E-state index contributed by atoms with van der Waals surface area (Å²) in [7, 11) is 0. The maximum absolute atomic E-state index is 12.3. The van der Waals surface area contributed by atoms with Crippen LogP contribution in [0.1, 0.15) is 23.7 Å². The molecule has 0 aliphatic heterocycles. The van der Waals surface area contributed by atoms with Crippen LogP contribution in [0.4, 0.5) is 17.1 Å². The second kappa shape index (κ2) is 8.51. The van der Waals surface area contributed by atoms with Gasteiger partial charge in [-0.05, 0) is 42.7 Å². The summed E-state index contributed by atoms with van der Waals surface area (Å²) in [5, 5.41) is 19.4. The number of nitrogens with one attached hydrogen (secondary N) is 3. The van der Waals surface area contributed by atoms with Crippen LogP contribution < -0.4 is 16.0 Å². The molecule has 1 aliphatic carbocycles. The summed E-state index contributed by atoms with van der Waals surface area (Å²) in [5.74, 6) is 0.261. The van der Waals surface area contributed by atoms with Gasteiger partial charge in [-0.15, -0.1) is 0 Å². The largest absolute Gasteiger partial charge is 0.383 e. The molecule has 0 heterocycles. The van der Waals surface area contributed by atoms with Gasteiger partial charge in [-0.2, -0.15) is 0 Å². The van der Waals surface area contributed by atoms with Crippen molar-refractivity contribution in [2.24, 2.45) is 11.8 Å². The minimum atomic E-state index is -0.453. The number of hydrogen-bond donors (Lipinski definition) is 3. The molecule has 1 fully saturated rings. The standard InChI is InChI=1S/C20H22N4O4/c1-13-11-18(13)20(26)23-16-4-2-3-14(12-16)19(25)22-10-9-21-15-5-7-17(8-6-15)24(27)28/h2-8,12-13,18,21H,9-11H2,1H3,(H,22,25)(H,23,26). The molecule has 28 heavy (non-hydrogen) atoms. The second-order valence-electron chi connectivity index (χ2n) is 6.88. The predicted octanol–water partition coefficient (Wildman–Crippen LogP) is 3.03. The number of amides is 2. The Labute approximate surface area is 162 Å². The fourth-order valence-corrected chi connectivity index (χ4v) is 2.85. The van der Waals surface area contributed by atoms with Gasteiger partial charge < -0.3 is 16.0 Å². The smallest absolute Gasteiger partial charge is 0.269 e. The van der Waals surface area contributed by atoms with Crippen LogP contribution in [-0.4, -0.2) is 29.8 Å². The summed E-state index contributed by atoms with van der Waals surface area (Å²) in [6.45, 7) is 2.89. The zero-order valence-electron chi connectivity index (χ0n) is 15.5. The van der Waals surface area contributed by atoms with Crippen LogP contribution in [0.5, 0.6) is 0 Å². The van der Waals surface area contributed by atoms with Crippen molar-refractivity contribution < 1.29 is 14.5 Å². The van der Waals surface area contributed by atoms with E-state index in [4.69, 9.17) is 0 Å². The number of hydrogen-bond acceptors (Lipinski definition) is 5. The number of nitrogens with zero attached hydrogens (tertiary/aromatic N) is 1. The van der Waals surface area contributed by atoms with Crippen molar-refractivity contribution in [3.05, 3.63) is 64.2 Å². The van der Waals surface area contributed by atoms with Gasteiger partial charge >= 0.3 is 0 Å². The summed E-state index contributed by atoms with van der Waals surface area (Å²) in [5.41, 5.74) is 1.85. The molecule has 2 atom stereocenters. The number of nitro groups is 1. The third-order valence-corrected chi connectivity index (χ3v) is 4.66. The molecule has 0 spiro atoms. The summed E-state index contributed by atoms with van der Waals surface area (Å²) >= 11 is 0. The van der Waals surface area contributed by atoms with Crippen LogP contribution in [0, 0.1) is 22.0 Å². The van der Waals surface area contributed by atoms with E-state index in [2.05, 4.69) is 16.0 Å². The molecule has 0 saturated heterocycles. The lowest BCUT2D eigenvalue weighted by Gasteiger charge is -2.09. The highest BCUT2D eigenvalue weighted by Gasteiger charge is 2.39. The average Bonchev–Trinajstić information content (AvgIpc) is 3.42. The van der Waals surface area contributed by atoms with Gasteiger partial charge in [0.25, 0.3) is 11.6 Å². The normalized spacial score (nSPS) is 17.5. The second-order valence-corrected chi connectivity index (χ2v) is 6.88. The van der Waals surface area contributed by atoms with E-state index in [1.807, 2.05) is 6.92 Å². The molecular weight excluding hydrogens is 360 g/mol. The SMILES string of the molecule is CC1CC1C(=O)Nc1cccc(C(=O)NCCNc2ccc([N+](=O)[O-])cc2)c1. The molecule has 8 heteroatoms. The van der Waals surface area contributed by atoms with Gasteiger partial charge in [0.15, 0.2) is 0 Å². The monoisotopic (exact) mass is 382 g/mol. The molecular formula is C20H22N4O4. The molecule has 2 aromatic carbocycles. The van der Waals surface area contributed by atoms with E-state index in [-0.39, 0.29) is 23.4 Å². The molecule has 0 radical (unpaired) electrons. The lowest BCUT2D eigenvalue weighted by Crippen LogP contribution is -2.28. The minimum Gasteiger partial charge on any atom is -0.383 e. The van der Waals surface area contributed by atoms with Crippen molar-refractivity contribution in [3.63, 3.8) is 0 Å². The van der Waals surface area contributed by atoms with Crippen molar-refractivity contribution in [1.29, 1.82) is 0 Å². The molecule has 3 rings (SSSR count). The Morgan fingerprint density at radius 3 is 2.46 bits per heavy atom. The third kappa shape index (κ3) is 5.06. The van der Waals surface area contributed by atoms with Crippen molar-refractivity contribution >= 4 is 28.9 Å². The van der Waals surface area contributed by atoms with Crippen LogP contribution in [0.2, 0.25) is 0 Å². The molecule has 2 unspecified atom stereocenters. The van der Waals surface area contributed by atoms with Gasteiger partial charge in [0, 0.05) is 48.1 Å². The van der Waals surface area contributed by atoms with E-state index in [1.54, 1.807) is 36.4 Å². The highest BCUT2D eigenvalue weighted by atomic mass is 16.6. The lowest BCUT2D eigenvalue weighted by atomic mass is 10.2. The topological polar surface area (TPSA) is 113 Å². The van der Waals surface area contributed by atoms with Gasteiger partial charge in [-0.3, -0.25) is 19.7 Å². The van der Waals surface area contributed by atoms with Crippen LogP contribution in [0.3, 0.4) is 0 Å². The first kappa shape index (κ1) is 19.3. The Bertz CT molecular complexity index is 882. The number of anilines is 2. The molecule has 146 valence electrons. The van der Waals surface area contributed by atoms with E-state index < -0.39 is 4.92 Å². The third-order valence-electron chi connectivity index (χ3n) is 4.66. The number of rotatable bonds is 8. The van der Waals surface area contributed by atoms with Crippen LogP contribution in [0.25, 0.3) is 0 Å². The van der Waals surface area contributed by atoms with E-state index in [0.717, 1.165) is 12.1 Å². The van der Waals surface area contributed by atoms with Gasteiger partial charge in [0.1, 0.15) is 0 Å². The summed E-state index contributed by atoms with van der Waals surface area (Å²) in [4.78, 5) is 34.5. The van der Waals surface area contributed by atoms with Crippen molar-refractivity contribution in [1.82, 2.24) is 5.32 Å². The first-order chi connectivity index (χ1) is 13.4. The van der Waals surface area contributed by atoms with Gasteiger partial charge in [-0.1, -0.05) is 13.0 Å². The molecule has 1 saturated carbocycles. The predicted molar refractivity (Wildman–Crippen MR) is 106 cm³/mol. The quantitative estimate of drug-likeness (QED) is 0.369. The Balaban J connectivity index is 1.45. The molecule has 1 aliphatic rings. The lowest BCUT2D eigenvalue weighted by molar-refractivity contribution is -0.384. The van der Waals surface area contributed by atoms with Crippen molar-refractivity contribution in [2.45, 2.75) is 13.3 Å². The number of carbonyl (C=O) groups excluding carboxylic acids is 2. The number of non-ortho nitro benzene ring substituents is 1. The van der Waals surface area contributed by atoms with E-state index in [0.29, 0.717) is 30.3 Å². The van der Waals surface area contributed by atoms with E-state index >= 15 is 0 Å². The maximum atomic E-state index is 12.3. The maximum Gasteiger partial charge on any atom is 0.269 e. The van der Waals surface area contributed by atoms with Crippen LogP contribution in [0.15, 0.2) is 48.5 Å².